The standard InChI is InChI=1S/C24H20N4O2/c25-24(30)28-12-4-6-15-9-10-17(14-21(15)28)27-23(29)20-13-16-5-1-2-7-18(16)19-8-3-11-26-22(19)20/h1-3,5,7-11,13-14H,4,6,12H2,(H2,25,30)(H,27,29). The van der Waals surface area contributed by atoms with Crippen molar-refractivity contribution in [2.45, 2.75) is 12.8 Å². The molecular weight excluding hydrogens is 376 g/mol. The van der Waals surface area contributed by atoms with Crippen molar-refractivity contribution in [2.24, 2.45) is 5.73 Å². The third-order valence-electron chi connectivity index (χ3n) is 5.59. The van der Waals surface area contributed by atoms with Gasteiger partial charge in [0, 0.05) is 23.8 Å². The van der Waals surface area contributed by atoms with Crippen LogP contribution < -0.4 is 16.0 Å². The Hall–Kier alpha value is -3.93. The van der Waals surface area contributed by atoms with Crippen LogP contribution in [0.5, 0.6) is 0 Å². The third kappa shape index (κ3) is 3.03. The predicted octanol–water partition coefficient (Wildman–Crippen LogP) is 4.47. The van der Waals surface area contributed by atoms with E-state index in [0.29, 0.717) is 23.3 Å². The summed E-state index contributed by atoms with van der Waals surface area (Å²) in [6, 6.07) is 18.8. The normalized spacial score (nSPS) is 13.3. The second-order valence-electron chi connectivity index (χ2n) is 7.44. The highest BCUT2D eigenvalue weighted by atomic mass is 16.2. The average Bonchev–Trinajstić information content (AvgIpc) is 2.78. The van der Waals surface area contributed by atoms with Crippen molar-refractivity contribution in [2.75, 3.05) is 16.8 Å². The summed E-state index contributed by atoms with van der Waals surface area (Å²) in [6.45, 7) is 0.582. The fraction of sp³-hybridized carbons (Fsp3) is 0.125. The molecule has 3 N–H and O–H groups in total. The number of nitrogens with zero attached hydrogens (tertiary/aromatic N) is 2. The van der Waals surface area contributed by atoms with Crippen LogP contribution in [0.4, 0.5) is 16.2 Å². The van der Waals surface area contributed by atoms with Crippen LogP contribution in [0.25, 0.3) is 21.7 Å². The summed E-state index contributed by atoms with van der Waals surface area (Å²) in [5.74, 6) is -0.245. The van der Waals surface area contributed by atoms with E-state index >= 15 is 0 Å². The Morgan fingerprint density at radius 2 is 1.83 bits per heavy atom. The van der Waals surface area contributed by atoms with E-state index in [1.54, 1.807) is 11.1 Å². The molecule has 6 nitrogen and oxygen atoms in total. The average molecular weight is 396 g/mol. The van der Waals surface area contributed by atoms with E-state index in [0.717, 1.165) is 40.3 Å². The van der Waals surface area contributed by atoms with Crippen molar-refractivity contribution in [3.8, 4) is 0 Å². The lowest BCUT2D eigenvalue weighted by Crippen LogP contribution is -2.39. The summed E-state index contributed by atoms with van der Waals surface area (Å²) in [4.78, 5) is 31.0. The van der Waals surface area contributed by atoms with E-state index in [1.165, 1.54) is 0 Å². The molecular formula is C24H20N4O2. The largest absolute Gasteiger partial charge is 0.351 e. The van der Waals surface area contributed by atoms with E-state index in [4.69, 9.17) is 5.73 Å². The molecule has 3 amide bonds. The molecule has 5 rings (SSSR count). The number of carbonyl (C=O) groups is 2. The van der Waals surface area contributed by atoms with E-state index in [9.17, 15) is 9.59 Å². The number of aromatic nitrogens is 1. The molecule has 2 heterocycles. The summed E-state index contributed by atoms with van der Waals surface area (Å²) >= 11 is 0. The molecule has 0 saturated heterocycles. The van der Waals surface area contributed by atoms with E-state index in [1.807, 2.05) is 60.7 Å². The van der Waals surface area contributed by atoms with Gasteiger partial charge in [-0.3, -0.25) is 14.7 Å². The van der Waals surface area contributed by atoms with Gasteiger partial charge in [0.1, 0.15) is 0 Å². The highest BCUT2D eigenvalue weighted by Crippen LogP contribution is 2.31. The van der Waals surface area contributed by atoms with Crippen LogP contribution in [-0.2, 0) is 6.42 Å². The molecule has 148 valence electrons. The molecule has 1 aliphatic heterocycles. The number of hydrogen-bond donors (Lipinski definition) is 2. The number of pyridine rings is 1. The first-order chi connectivity index (χ1) is 14.6. The molecule has 1 aromatic heterocycles. The third-order valence-corrected chi connectivity index (χ3v) is 5.59. The van der Waals surface area contributed by atoms with Crippen molar-refractivity contribution in [3.05, 3.63) is 78.0 Å². The van der Waals surface area contributed by atoms with Crippen molar-refractivity contribution >= 4 is 45.0 Å². The maximum Gasteiger partial charge on any atom is 0.319 e. The van der Waals surface area contributed by atoms with Gasteiger partial charge in [-0.2, -0.15) is 0 Å². The number of amides is 3. The maximum absolute atomic E-state index is 13.2. The molecule has 0 fully saturated rings. The number of fused-ring (bicyclic) bond motifs is 4. The molecule has 0 unspecified atom stereocenters. The van der Waals surface area contributed by atoms with Crippen LogP contribution in [0.1, 0.15) is 22.3 Å². The van der Waals surface area contributed by atoms with Gasteiger partial charge in [0.2, 0.25) is 0 Å². The molecule has 0 bridgehead atoms. The van der Waals surface area contributed by atoms with Gasteiger partial charge >= 0.3 is 6.03 Å². The number of nitrogens with two attached hydrogens (primary N) is 1. The van der Waals surface area contributed by atoms with Crippen molar-refractivity contribution < 1.29 is 9.59 Å². The van der Waals surface area contributed by atoms with E-state index in [-0.39, 0.29) is 5.91 Å². The summed E-state index contributed by atoms with van der Waals surface area (Å²) in [6.07, 6.45) is 3.44. The molecule has 1 aliphatic rings. The van der Waals surface area contributed by atoms with Gasteiger partial charge in [-0.25, -0.2) is 4.79 Å². The molecule has 0 radical (unpaired) electrons. The second-order valence-corrected chi connectivity index (χ2v) is 7.44. The van der Waals surface area contributed by atoms with Crippen molar-refractivity contribution in [3.63, 3.8) is 0 Å². The van der Waals surface area contributed by atoms with Crippen LogP contribution in [0.2, 0.25) is 0 Å². The molecule has 4 aromatic rings. The molecule has 0 saturated carbocycles. The fourth-order valence-corrected chi connectivity index (χ4v) is 4.18. The molecule has 30 heavy (non-hydrogen) atoms. The SMILES string of the molecule is NC(=O)N1CCCc2ccc(NC(=O)c3cc4ccccc4c4cccnc34)cc21. The molecule has 0 spiro atoms. The van der Waals surface area contributed by atoms with Gasteiger partial charge < -0.3 is 11.1 Å². The van der Waals surface area contributed by atoms with Gasteiger partial charge in [0.15, 0.2) is 0 Å². The number of aryl methyl sites for hydroxylation is 1. The first-order valence-corrected chi connectivity index (χ1v) is 9.89. The quantitative estimate of drug-likeness (QED) is 0.490. The number of hydrogen-bond acceptors (Lipinski definition) is 3. The highest BCUT2D eigenvalue weighted by molar-refractivity contribution is 6.18. The fourth-order valence-electron chi connectivity index (χ4n) is 4.18. The Labute approximate surface area is 173 Å². The number of rotatable bonds is 2. The van der Waals surface area contributed by atoms with E-state index in [2.05, 4.69) is 10.3 Å². The van der Waals surface area contributed by atoms with Gasteiger partial charge in [0.25, 0.3) is 5.91 Å². The van der Waals surface area contributed by atoms with Crippen LogP contribution in [0, 0.1) is 0 Å². The zero-order valence-electron chi connectivity index (χ0n) is 16.3. The summed E-state index contributed by atoms with van der Waals surface area (Å²) in [7, 11) is 0. The number of primary amides is 1. The minimum atomic E-state index is -0.482. The van der Waals surface area contributed by atoms with Crippen LogP contribution in [-0.4, -0.2) is 23.5 Å². The lowest BCUT2D eigenvalue weighted by Gasteiger charge is -2.28. The monoisotopic (exact) mass is 396 g/mol. The lowest BCUT2D eigenvalue weighted by atomic mass is 9.99. The van der Waals surface area contributed by atoms with Crippen molar-refractivity contribution in [1.82, 2.24) is 4.98 Å². The first-order valence-electron chi connectivity index (χ1n) is 9.89. The van der Waals surface area contributed by atoms with E-state index < -0.39 is 6.03 Å². The van der Waals surface area contributed by atoms with Crippen LogP contribution in [0.3, 0.4) is 0 Å². The minimum Gasteiger partial charge on any atom is -0.351 e. The number of anilines is 2. The summed E-state index contributed by atoms with van der Waals surface area (Å²) in [5.41, 5.74) is 9.12. The van der Waals surface area contributed by atoms with Crippen molar-refractivity contribution in [1.29, 1.82) is 0 Å². The predicted molar refractivity (Wildman–Crippen MR) is 119 cm³/mol. The second kappa shape index (κ2) is 7.15. The minimum absolute atomic E-state index is 0.245. The molecule has 0 atom stereocenters. The zero-order chi connectivity index (χ0) is 20.7. The molecule has 0 aliphatic carbocycles. The Kier molecular flexibility index (Phi) is 4.32. The number of nitrogens with one attached hydrogen (secondary N) is 1. The number of carbonyl (C=O) groups excluding carboxylic acids is 2. The van der Waals surface area contributed by atoms with Gasteiger partial charge in [0.05, 0.1) is 16.8 Å². The highest BCUT2D eigenvalue weighted by Gasteiger charge is 2.22. The Balaban J connectivity index is 1.55. The summed E-state index contributed by atoms with van der Waals surface area (Å²) < 4.78 is 0. The van der Waals surface area contributed by atoms with Crippen LogP contribution in [0.15, 0.2) is 66.9 Å². The Morgan fingerprint density at radius 1 is 1.00 bits per heavy atom. The van der Waals surface area contributed by atoms with Gasteiger partial charge in [-0.1, -0.05) is 36.4 Å². The Bertz CT molecular complexity index is 1320. The zero-order valence-corrected chi connectivity index (χ0v) is 16.3. The van der Waals surface area contributed by atoms with Gasteiger partial charge in [-0.15, -0.1) is 0 Å². The van der Waals surface area contributed by atoms with Gasteiger partial charge in [-0.05, 0) is 53.4 Å². The molecule has 6 heteroatoms. The first kappa shape index (κ1) is 18.1. The number of urea groups is 1. The smallest absolute Gasteiger partial charge is 0.319 e. The van der Waals surface area contributed by atoms with Crippen LogP contribution >= 0.6 is 0 Å². The summed E-state index contributed by atoms with van der Waals surface area (Å²) in [5, 5.41) is 5.94. The molecule has 3 aromatic carbocycles. The number of benzene rings is 3. The maximum atomic E-state index is 13.2. The topological polar surface area (TPSA) is 88.3 Å². The Morgan fingerprint density at radius 3 is 2.70 bits per heavy atom. The lowest BCUT2D eigenvalue weighted by molar-refractivity contribution is 0.102.